The number of hydrogen-bond acceptors (Lipinski definition) is 4. The number of fused-ring (bicyclic) bond motifs is 1. The number of carbonyl (C=O) groups is 1. The van der Waals surface area contributed by atoms with Gasteiger partial charge in [-0.15, -0.1) is 0 Å². The van der Waals surface area contributed by atoms with Crippen LogP contribution >= 0.6 is 0 Å². The van der Waals surface area contributed by atoms with Crippen molar-refractivity contribution in [3.05, 3.63) is 58.8 Å². The van der Waals surface area contributed by atoms with Gasteiger partial charge in [0, 0.05) is 5.69 Å². The van der Waals surface area contributed by atoms with E-state index in [1.807, 2.05) is 57.2 Å². The van der Waals surface area contributed by atoms with Gasteiger partial charge in [0.15, 0.2) is 5.69 Å². The fraction of sp³-hybridized carbons (Fsp3) is 0.318. The zero-order valence-corrected chi connectivity index (χ0v) is 16.3. The highest BCUT2D eigenvalue weighted by Gasteiger charge is 2.19. The first-order valence-corrected chi connectivity index (χ1v) is 9.34. The Kier molecular flexibility index (Phi) is 5.69. The highest BCUT2D eigenvalue weighted by molar-refractivity contribution is 6.05. The molecule has 1 aromatic heterocycles. The number of ether oxygens (including phenoxy) is 1. The van der Waals surface area contributed by atoms with Gasteiger partial charge in [0.2, 0.25) is 5.88 Å². The predicted octanol–water partition coefficient (Wildman–Crippen LogP) is 4.85. The van der Waals surface area contributed by atoms with Crippen LogP contribution in [0.3, 0.4) is 0 Å². The first-order chi connectivity index (χ1) is 13.0. The van der Waals surface area contributed by atoms with Crippen LogP contribution in [-0.4, -0.2) is 22.5 Å². The SMILES string of the molecule is CCCOc1nc2cc(C)c(C)cc2nc1C(=O)Nc1ccccc1CC. The molecule has 0 unspecified atom stereocenters. The van der Waals surface area contributed by atoms with Crippen LogP contribution in [0.25, 0.3) is 11.0 Å². The minimum Gasteiger partial charge on any atom is -0.476 e. The Morgan fingerprint density at radius 1 is 1.04 bits per heavy atom. The van der Waals surface area contributed by atoms with Crippen LogP contribution in [0.1, 0.15) is 47.4 Å². The molecule has 5 nitrogen and oxygen atoms in total. The number of carbonyl (C=O) groups excluding carboxylic acids is 1. The normalized spacial score (nSPS) is 10.8. The summed E-state index contributed by atoms with van der Waals surface area (Å²) in [5.41, 5.74) is 5.74. The molecular weight excluding hydrogens is 338 g/mol. The molecule has 1 heterocycles. The summed E-state index contributed by atoms with van der Waals surface area (Å²) < 4.78 is 5.75. The standard InChI is InChI=1S/C22H25N3O2/c1-5-11-27-22-20(21(26)24-17-10-8-7-9-16(17)6-2)23-18-12-14(3)15(4)13-19(18)25-22/h7-10,12-13H,5-6,11H2,1-4H3,(H,24,26). The second-order valence-electron chi connectivity index (χ2n) is 6.62. The largest absolute Gasteiger partial charge is 0.476 e. The Morgan fingerprint density at radius 2 is 1.70 bits per heavy atom. The van der Waals surface area contributed by atoms with Crippen molar-refractivity contribution < 1.29 is 9.53 Å². The molecule has 1 N–H and O–H groups in total. The van der Waals surface area contributed by atoms with Crippen molar-refractivity contribution >= 4 is 22.6 Å². The third kappa shape index (κ3) is 4.08. The topological polar surface area (TPSA) is 64.1 Å². The fourth-order valence-corrected chi connectivity index (χ4v) is 2.87. The van der Waals surface area contributed by atoms with Gasteiger partial charge in [-0.05, 0) is 61.6 Å². The number of aryl methyl sites for hydroxylation is 3. The quantitative estimate of drug-likeness (QED) is 0.680. The Morgan fingerprint density at radius 3 is 2.37 bits per heavy atom. The molecule has 0 spiro atoms. The van der Waals surface area contributed by atoms with Crippen LogP contribution in [0, 0.1) is 13.8 Å². The maximum atomic E-state index is 13.0. The first-order valence-electron chi connectivity index (χ1n) is 9.34. The van der Waals surface area contributed by atoms with Gasteiger partial charge in [0.1, 0.15) is 0 Å². The molecule has 0 bridgehead atoms. The van der Waals surface area contributed by atoms with Gasteiger partial charge in [0.25, 0.3) is 5.91 Å². The first kappa shape index (κ1) is 18.8. The second kappa shape index (κ2) is 8.16. The lowest BCUT2D eigenvalue weighted by Gasteiger charge is -2.13. The molecule has 2 aromatic carbocycles. The molecule has 1 amide bonds. The van der Waals surface area contributed by atoms with E-state index in [2.05, 4.69) is 22.2 Å². The van der Waals surface area contributed by atoms with Gasteiger partial charge < -0.3 is 10.1 Å². The number of anilines is 1. The summed E-state index contributed by atoms with van der Waals surface area (Å²) in [6.07, 6.45) is 1.66. The molecule has 0 aliphatic heterocycles. The Hall–Kier alpha value is -2.95. The van der Waals surface area contributed by atoms with Crippen LogP contribution in [-0.2, 0) is 6.42 Å². The Labute approximate surface area is 159 Å². The zero-order valence-electron chi connectivity index (χ0n) is 16.3. The lowest BCUT2D eigenvalue weighted by atomic mass is 10.1. The van der Waals surface area contributed by atoms with E-state index in [9.17, 15) is 4.79 Å². The molecule has 5 heteroatoms. The Balaban J connectivity index is 2.04. The number of rotatable bonds is 6. The average molecular weight is 363 g/mol. The number of aromatic nitrogens is 2. The predicted molar refractivity (Wildman–Crippen MR) is 109 cm³/mol. The minimum absolute atomic E-state index is 0.213. The van der Waals surface area contributed by atoms with E-state index in [1.54, 1.807) is 0 Å². The summed E-state index contributed by atoms with van der Waals surface area (Å²) in [6.45, 7) is 8.61. The summed E-state index contributed by atoms with van der Waals surface area (Å²) in [5.74, 6) is -0.0336. The van der Waals surface area contributed by atoms with Gasteiger partial charge in [0.05, 0.1) is 17.6 Å². The monoisotopic (exact) mass is 363 g/mol. The molecule has 0 aliphatic carbocycles. The van der Waals surface area contributed by atoms with Crippen molar-refractivity contribution in [2.24, 2.45) is 0 Å². The molecule has 0 saturated carbocycles. The number of para-hydroxylation sites is 1. The Bertz CT molecular complexity index is 983. The van der Waals surface area contributed by atoms with E-state index in [0.29, 0.717) is 12.1 Å². The molecule has 27 heavy (non-hydrogen) atoms. The van der Waals surface area contributed by atoms with E-state index < -0.39 is 0 Å². The summed E-state index contributed by atoms with van der Waals surface area (Å²) in [7, 11) is 0. The van der Waals surface area contributed by atoms with Crippen molar-refractivity contribution in [3.8, 4) is 5.88 Å². The average Bonchev–Trinajstić information content (AvgIpc) is 2.67. The van der Waals surface area contributed by atoms with Crippen molar-refractivity contribution in [3.63, 3.8) is 0 Å². The van der Waals surface area contributed by atoms with Crippen LogP contribution in [0.5, 0.6) is 5.88 Å². The molecule has 3 rings (SSSR count). The number of amides is 1. The highest BCUT2D eigenvalue weighted by Crippen LogP contribution is 2.24. The molecule has 0 radical (unpaired) electrons. The molecular formula is C22H25N3O2. The lowest BCUT2D eigenvalue weighted by molar-refractivity contribution is 0.101. The van der Waals surface area contributed by atoms with Crippen molar-refractivity contribution in [2.75, 3.05) is 11.9 Å². The molecule has 0 fully saturated rings. The van der Waals surface area contributed by atoms with Crippen LogP contribution in [0.4, 0.5) is 5.69 Å². The summed E-state index contributed by atoms with van der Waals surface area (Å²) in [4.78, 5) is 22.1. The van der Waals surface area contributed by atoms with E-state index >= 15 is 0 Å². The van der Waals surface area contributed by atoms with Gasteiger partial charge in [-0.2, -0.15) is 0 Å². The van der Waals surface area contributed by atoms with E-state index in [4.69, 9.17) is 4.74 Å². The van der Waals surface area contributed by atoms with Crippen molar-refractivity contribution in [2.45, 2.75) is 40.5 Å². The number of nitrogens with zero attached hydrogens (tertiary/aromatic N) is 2. The molecule has 0 saturated heterocycles. The molecule has 0 aliphatic rings. The second-order valence-corrected chi connectivity index (χ2v) is 6.62. The molecule has 140 valence electrons. The maximum Gasteiger partial charge on any atom is 0.279 e. The van der Waals surface area contributed by atoms with Crippen LogP contribution < -0.4 is 10.1 Å². The summed E-state index contributed by atoms with van der Waals surface area (Å²) >= 11 is 0. The summed E-state index contributed by atoms with van der Waals surface area (Å²) in [6, 6.07) is 11.7. The number of hydrogen-bond donors (Lipinski definition) is 1. The van der Waals surface area contributed by atoms with E-state index in [0.717, 1.165) is 40.7 Å². The van der Waals surface area contributed by atoms with Crippen LogP contribution in [0.15, 0.2) is 36.4 Å². The van der Waals surface area contributed by atoms with Crippen LogP contribution in [0.2, 0.25) is 0 Å². The van der Waals surface area contributed by atoms with Gasteiger partial charge in [-0.3, -0.25) is 4.79 Å². The molecule has 3 aromatic rings. The zero-order chi connectivity index (χ0) is 19.4. The van der Waals surface area contributed by atoms with Crippen molar-refractivity contribution in [1.29, 1.82) is 0 Å². The van der Waals surface area contributed by atoms with Gasteiger partial charge in [-0.1, -0.05) is 32.0 Å². The number of nitrogens with one attached hydrogen (secondary N) is 1. The third-order valence-corrected chi connectivity index (χ3v) is 4.55. The highest BCUT2D eigenvalue weighted by atomic mass is 16.5. The smallest absolute Gasteiger partial charge is 0.279 e. The van der Waals surface area contributed by atoms with E-state index in [1.165, 1.54) is 0 Å². The summed E-state index contributed by atoms with van der Waals surface area (Å²) in [5, 5.41) is 2.96. The maximum absolute atomic E-state index is 13.0. The molecule has 0 atom stereocenters. The van der Waals surface area contributed by atoms with Crippen molar-refractivity contribution in [1.82, 2.24) is 9.97 Å². The fourth-order valence-electron chi connectivity index (χ4n) is 2.87. The lowest BCUT2D eigenvalue weighted by Crippen LogP contribution is -2.18. The third-order valence-electron chi connectivity index (χ3n) is 4.55. The van der Waals surface area contributed by atoms with Gasteiger partial charge >= 0.3 is 0 Å². The van der Waals surface area contributed by atoms with Gasteiger partial charge in [-0.25, -0.2) is 9.97 Å². The van der Waals surface area contributed by atoms with E-state index in [-0.39, 0.29) is 17.5 Å². The minimum atomic E-state index is -0.311. The number of benzene rings is 2.